The van der Waals surface area contributed by atoms with Crippen LogP contribution >= 0.6 is 0 Å². The zero-order valence-electron chi connectivity index (χ0n) is 9.21. The lowest BCUT2D eigenvalue weighted by molar-refractivity contribution is 0.0696. The topological polar surface area (TPSA) is 75.1 Å². The summed E-state index contributed by atoms with van der Waals surface area (Å²) in [6.07, 6.45) is 1.59. The Kier molecular flexibility index (Phi) is 3.00. The van der Waals surface area contributed by atoms with Gasteiger partial charge in [-0.3, -0.25) is 0 Å². The van der Waals surface area contributed by atoms with Crippen molar-refractivity contribution in [1.29, 1.82) is 0 Å². The molecular formula is C12H11N3O2. The number of aryl methyl sites for hydroxylation is 1. The fraction of sp³-hybridized carbons (Fsp3) is 0.0833. The first-order chi connectivity index (χ1) is 8.16. The minimum atomic E-state index is -0.923. The molecule has 2 aromatic rings. The number of hydrogen-bond acceptors (Lipinski definition) is 4. The van der Waals surface area contributed by atoms with E-state index < -0.39 is 5.97 Å². The maximum atomic E-state index is 10.8. The highest BCUT2D eigenvalue weighted by molar-refractivity contribution is 5.90. The summed E-state index contributed by atoms with van der Waals surface area (Å²) in [5.41, 5.74) is 1.79. The predicted molar refractivity (Wildman–Crippen MR) is 63.5 cm³/mol. The lowest BCUT2D eigenvalue weighted by Gasteiger charge is -2.07. The Morgan fingerprint density at radius 2 is 2.18 bits per heavy atom. The molecule has 0 fully saturated rings. The maximum absolute atomic E-state index is 10.8. The maximum Gasteiger partial charge on any atom is 0.335 e. The van der Waals surface area contributed by atoms with Crippen LogP contribution in [0.3, 0.4) is 0 Å². The van der Waals surface area contributed by atoms with Crippen LogP contribution in [0.1, 0.15) is 15.9 Å². The number of carboxylic acid groups (broad SMARTS) is 1. The summed E-state index contributed by atoms with van der Waals surface area (Å²) in [5.74, 6) is -0.302. The highest BCUT2D eigenvalue weighted by Crippen LogP contribution is 2.18. The minimum Gasteiger partial charge on any atom is -0.478 e. The SMILES string of the molecule is Cc1cc(Nc2cccnn2)ccc1C(=O)O. The van der Waals surface area contributed by atoms with Gasteiger partial charge in [0.1, 0.15) is 0 Å². The molecular weight excluding hydrogens is 218 g/mol. The number of rotatable bonds is 3. The van der Waals surface area contributed by atoms with Crippen LogP contribution in [0.5, 0.6) is 0 Å². The van der Waals surface area contributed by atoms with Gasteiger partial charge in [0.2, 0.25) is 0 Å². The van der Waals surface area contributed by atoms with Gasteiger partial charge in [0.15, 0.2) is 5.82 Å². The van der Waals surface area contributed by atoms with E-state index >= 15 is 0 Å². The van der Waals surface area contributed by atoms with E-state index in [0.29, 0.717) is 16.9 Å². The fourth-order valence-electron chi connectivity index (χ4n) is 1.50. The van der Waals surface area contributed by atoms with Gasteiger partial charge in [-0.1, -0.05) is 0 Å². The van der Waals surface area contributed by atoms with Gasteiger partial charge in [-0.05, 0) is 42.8 Å². The van der Waals surface area contributed by atoms with Crippen LogP contribution in [0, 0.1) is 6.92 Å². The third-order valence-corrected chi connectivity index (χ3v) is 2.30. The van der Waals surface area contributed by atoms with Crippen LogP contribution in [0.2, 0.25) is 0 Å². The third kappa shape index (κ3) is 2.57. The summed E-state index contributed by atoms with van der Waals surface area (Å²) in [7, 11) is 0. The highest BCUT2D eigenvalue weighted by Gasteiger charge is 2.07. The first-order valence-corrected chi connectivity index (χ1v) is 5.05. The molecule has 0 radical (unpaired) electrons. The van der Waals surface area contributed by atoms with Crippen LogP contribution in [0.25, 0.3) is 0 Å². The number of aromatic carboxylic acids is 1. The van der Waals surface area contributed by atoms with Gasteiger partial charge in [-0.2, -0.15) is 5.10 Å². The number of aromatic nitrogens is 2. The molecule has 0 aliphatic rings. The molecule has 2 rings (SSSR count). The highest BCUT2D eigenvalue weighted by atomic mass is 16.4. The van der Waals surface area contributed by atoms with Gasteiger partial charge in [0.05, 0.1) is 5.56 Å². The number of benzene rings is 1. The average molecular weight is 229 g/mol. The smallest absolute Gasteiger partial charge is 0.335 e. The Morgan fingerprint density at radius 1 is 1.35 bits per heavy atom. The van der Waals surface area contributed by atoms with Gasteiger partial charge in [0.25, 0.3) is 0 Å². The minimum absolute atomic E-state index is 0.301. The number of carboxylic acids is 1. The molecule has 0 saturated carbocycles. The molecule has 2 N–H and O–H groups in total. The summed E-state index contributed by atoms with van der Waals surface area (Å²) in [5, 5.41) is 19.6. The summed E-state index contributed by atoms with van der Waals surface area (Å²) >= 11 is 0. The van der Waals surface area contributed by atoms with Gasteiger partial charge >= 0.3 is 5.97 Å². The van der Waals surface area contributed by atoms with Crippen LogP contribution < -0.4 is 5.32 Å². The van der Waals surface area contributed by atoms with Crippen molar-refractivity contribution in [3.63, 3.8) is 0 Å². The van der Waals surface area contributed by atoms with Crippen LogP contribution in [-0.4, -0.2) is 21.3 Å². The lowest BCUT2D eigenvalue weighted by Crippen LogP contribution is -2.01. The van der Waals surface area contributed by atoms with E-state index in [2.05, 4.69) is 15.5 Å². The van der Waals surface area contributed by atoms with Gasteiger partial charge < -0.3 is 10.4 Å². The monoisotopic (exact) mass is 229 g/mol. The molecule has 0 amide bonds. The van der Waals surface area contributed by atoms with Crippen molar-refractivity contribution in [3.8, 4) is 0 Å². The average Bonchev–Trinajstić information content (AvgIpc) is 2.30. The number of nitrogens with zero attached hydrogens (tertiary/aromatic N) is 2. The predicted octanol–water partition coefficient (Wildman–Crippen LogP) is 2.23. The Morgan fingerprint density at radius 3 is 2.76 bits per heavy atom. The molecule has 1 aromatic heterocycles. The van der Waals surface area contributed by atoms with E-state index in [1.807, 2.05) is 0 Å². The van der Waals surface area contributed by atoms with Gasteiger partial charge in [0, 0.05) is 11.9 Å². The Bertz CT molecular complexity index is 541. The van der Waals surface area contributed by atoms with E-state index in [0.717, 1.165) is 5.69 Å². The molecule has 17 heavy (non-hydrogen) atoms. The largest absolute Gasteiger partial charge is 0.478 e. The third-order valence-electron chi connectivity index (χ3n) is 2.30. The molecule has 0 spiro atoms. The Hall–Kier alpha value is -2.43. The van der Waals surface area contributed by atoms with E-state index in [9.17, 15) is 4.79 Å². The molecule has 86 valence electrons. The molecule has 1 heterocycles. The zero-order valence-corrected chi connectivity index (χ0v) is 9.21. The molecule has 0 aliphatic heterocycles. The second kappa shape index (κ2) is 4.61. The molecule has 0 saturated heterocycles. The van der Waals surface area contributed by atoms with Crippen LogP contribution in [-0.2, 0) is 0 Å². The van der Waals surface area contributed by atoms with Crippen molar-refractivity contribution in [2.24, 2.45) is 0 Å². The van der Waals surface area contributed by atoms with E-state index in [4.69, 9.17) is 5.11 Å². The van der Waals surface area contributed by atoms with Crippen molar-refractivity contribution in [3.05, 3.63) is 47.7 Å². The first-order valence-electron chi connectivity index (χ1n) is 5.05. The van der Waals surface area contributed by atoms with Crippen LogP contribution in [0.15, 0.2) is 36.5 Å². The van der Waals surface area contributed by atoms with E-state index in [1.54, 1.807) is 43.5 Å². The Balaban J connectivity index is 2.24. The van der Waals surface area contributed by atoms with Crippen molar-refractivity contribution in [2.45, 2.75) is 6.92 Å². The Labute approximate surface area is 98.1 Å². The molecule has 0 atom stereocenters. The van der Waals surface area contributed by atoms with Crippen molar-refractivity contribution in [1.82, 2.24) is 10.2 Å². The summed E-state index contributed by atoms with van der Waals surface area (Å²) in [6, 6.07) is 8.58. The quantitative estimate of drug-likeness (QED) is 0.844. The molecule has 5 nitrogen and oxygen atoms in total. The second-order valence-electron chi connectivity index (χ2n) is 3.57. The summed E-state index contributed by atoms with van der Waals surface area (Å²) in [6.45, 7) is 1.76. The van der Waals surface area contributed by atoms with Crippen molar-refractivity contribution >= 4 is 17.5 Å². The van der Waals surface area contributed by atoms with Gasteiger partial charge in [-0.15, -0.1) is 5.10 Å². The summed E-state index contributed by atoms with van der Waals surface area (Å²) < 4.78 is 0. The summed E-state index contributed by atoms with van der Waals surface area (Å²) in [4.78, 5) is 10.8. The number of anilines is 2. The normalized spacial score (nSPS) is 9.94. The molecule has 0 aliphatic carbocycles. The number of carbonyl (C=O) groups is 1. The standard InChI is InChI=1S/C12H11N3O2/c1-8-7-9(4-5-10(8)12(16)17)14-11-3-2-6-13-15-11/h2-7H,1H3,(H,14,15)(H,16,17). The van der Waals surface area contributed by atoms with Crippen molar-refractivity contribution < 1.29 is 9.90 Å². The van der Waals surface area contributed by atoms with Crippen LogP contribution in [0.4, 0.5) is 11.5 Å². The molecule has 0 bridgehead atoms. The fourth-order valence-corrected chi connectivity index (χ4v) is 1.50. The lowest BCUT2D eigenvalue weighted by atomic mass is 10.1. The molecule has 1 aromatic carbocycles. The van der Waals surface area contributed by atoms with Gasteiger partial charge in [-0.25, -0.2) is 4.79 Å². The zero-order chi connectivity index (χ0) is 12.3. The molecule has 0 unspecified atom stereocenters. The second-order valence-corrected chi connectivity index (χ2v) is 3.57. The first kappa shape index (κ1) is 11.1. The van der Waals surface area contributed by atoms with E-state index in [-0.39, 0.29) is 0 Å². The number of hydrogen-bond donors (Lipinski definition) is 2. The van der Waals surface area contributed by atoms with Crippen molar-refractivity contribution in [2.75, 3.05) is 5.32 Å². The van der Waals surface area contributed by atoms with E-state index in [1.165, 1.54) is 0 Å². The molecule has 5 heteroatoms. The number of nitrogens with one attached hydrogen (secondary N) is 1.